The van der Waals surface area contributed by atoms with Crippen molar-refractivity contribution in [3.8, 4) is 5.75 Å². The van der Waals surface area contributed by atoms with E-state index in [0.717, 1.165) is 17.1 Å². The first-order valence-corrected chi connectivity index (χ1v) is 6.35. The fourth-order valence-electron chi connectivity index (χ4n) is 2.00. The lowest BCUT2D eigenvalue weighted by Gasteiger charge is -2.09. The van der Waals surface area contributed by atoms with Crippen molar-refractivity contribution in [3.05, 3.63) is 42.9 Å². The van der Waals surface area contributed by atoms with Crippen LogP contribution in [0.25, 0.3) is 5.65 Å². The van der Waals surface area contributed by atoms with Crippen molar-refractivity contribution in [3.63, 3.8) is 0 Å². The van der Waals surface area contributed by atoms with Gasteiger partial charge in [0, 0.05) is 24.1 Å². The van der Waals surface area contributed by atoms with Crippen LogP contribution in [0.4, 0.5) is 17.3 Å². The Morgan fingerprint density at radius 2 is 2.30 bits per heavy atom. The predicted molar refractivity (Wildman–Crippen MR) is 78.3 cm³/mol. The summed E-state index contributed by atoms with van der Waals surface area (Å²) >= 11 is 0. The van der Waals surface area contributed by atoms with Gasteiger partial charge in [-0.3, -0.25) is 0 Å². The summed E-state index contributed by atoms with van der Waals surface area (Å²) in [6.07, 6.45) is 5.26. The van der Waals surface area contributed by atoms with Gasteiger partial charge in [0.25, 0.3) is 0 Å². The van der Waals surface area contributed by atoms with Crippen molar-refractivity contribution in [2.75, 3.05) is 17.7 Å². The van der Waals surface area contributed by atoms with E-state index in [1.807, 2.05) is 41.8 Å². The highest BCUT2D eigenvalue weighted by atomic mass is 16.5. The molecule has 0 saturated heterocycles. The average molecular weight is 269 g/mol. The molecule has 3 N–H and O–H groups in total. The molecule has 2 heterocycles. The monoisotopic (exact) mass is 269 g/mol. The van der Waals surface area contributed by atoms with Gasteiger partial charge in [0.1, 0.15) is 11.6 Å². The van der Waals surface area contributed by atoms with Crippen molar-refractivity contribution in [1.29, 1.82) is 0 Å². The zero-order chi connectivity index (χ0) is 13.9. The number of aromatic nitrogens is 3. The first-order valence-electron chi connectivity index (χ1n) is 6.35. The van der Waals surface area contributed by atoms with E-state index in [1.54, 1.807) is 12.4 Å². The van der Waals surface area contributed by atoms with Crippen LogP contribution in [0.3, 0.4) is 0 Å². The molecule has 0 fully saturated rings. The van der Waals surface area contributed by atoms with Crippen LogP contribution < -0.4 is 15.8 Å². The number of nitrogens with two attached hydrogens (primary N) is 1. The molecule has 0 aliphatic rings. The first kappa shape index (κ1) is 12.3. The van der Waals surface area contributed by atoms with E-state index in [4.69, 9.17) is 10.5 Å². The number of nitrogens with zero attached hydrogens (tertiary/aromatic N) is 3. The Labute approximate surface area is 116 Å². The van der Waals surface area contributed by atoms with E-state index in [0.29, 0.717) is 18.2 Å². The van der Waals surface area contributed by atoms with Crippen LogP contribution in [0.2, 0.25) is 0 Å². The lowest BCUT2D eigenvalue weighted by atomic mass is 10.3. The summed E-state index contributed by atoms with van der Waals surface area (Å²) in [6.45, 7) is 2.58. The van der Waals surface area contributed by atoms with Crippen molar-refractivity contribution in [2.45, 2.75) is 6.92 Å². The standard InChI is InChI=1S/C14H15N5O/c1-2-20-11-5-3-4-10(8-11)17-13-14-16-6-7-19(14)9-12(15)18-13/h3-9H,2,15H2,1H3,(H,17,18). The molecule has 3 aromatic rings. The SMILES string of the molecule is CCOc1cccc(Nc2nc(N)cn3ccnc23)c1. The van der Waals surface area contributed by atoms with Gasteiger partial charge in [-0.25, -0.2) is 9.97 Å². The van der Waals surface area contributed by atoms with Gasteiger partial charge in [-0.05, 0) is 19.1 Å². The lowest BCUT2D eigenvalue weighted by molar-refractivity contribution is 0.340. The summed E-state index contributed by atoms with van der Waals surface area (Å²) in [5.74, 6) is 1.85. The third-order valence-electron chi connectivity index (χ3n) is 2.80. The molecule has 20 heavy (non-hydrogen) atoms. The number of hydrogen-bond acceptors (Lipinski definition) is 5. The molecule has 102 valence electrons. The van der Waals surface area contributed by atoms with Gasteiger partial charge in [-0.1, -0.05) is 6.07 Å². The molecule has 0 aliphatic heterocycles. The summed E-state index contributed by atoms with van der Waals surface area (Å²) in [6, 6.07) is 7.68. The van der Waals surface area contributed by atoms with Gasteiger partial charge < -0.3 is 20.2 Å². The topological polar surface area (TPSA) is 77.5 Å². The maximum atomic E-state index is 5.79. The summed E-state index contributed by atoms with van der Waals surface area (Å²) in [5.41, 5.74) is 7.39. The van der Waals surface area contributed by atoms with E-state index in [2.05, 4.69) is 15.3 Å². The largest absolute Gasteiger partial charge is 0.494 e. The van der Waals surface area contributed by atoms with Crippen LogP contribution in [0.15, 0.2) is 42.9 Å². The van der Waals surface area contributed by atoms with Crippen molar-refractivity contribution >= 4 is 23.0 Å². The van der Waals surface area contributed by atoms with Gasteiger partial charge in [0.15, 0.2) is 11.5 Å². The molecule has 6 nitrogen and oxygen atoms in total. The Morgan fingerprint density at radius 1 is 1.40 bits per heavy atom. The number of rotatable bonds is 4. The lowest BCUT2D eigenvalue weighted by Crippen LogP contribution is -2.02. The minimum atomic E-state index is 0.430. The molecule has 0 amide bonds. The summed E-state index contributed by atoms with van der Waals surface area (Å²) in [5, 5.41) is 3.22. The maximum absolute atomic E-state index is 5.79. The van der Waals surface area contributed by atoms with Gasteiger partial charge >= 0.3 is 0 Å². The molecule has 0 aliphatic carbocycles. The molecule has 0 atom stereocenters. The van der Waals surface area contributed by atoms with Crippen LogP contribution in [0.1, 0.15) is 6.92 Å². The fraction of sp³-hybridized carbons (Fsp3) is 0.143. The van der Waals surface area contributed by atoms with Crippen LogP contribution in [0.5, 0.6) is 5.75 Å². The van der Waals surface area contributed by atoms with Crippen molar-refractivity contribution in [1.82, 2.24) is 14.4 Å². The molecular formula is C14H15N5O. The van der Waals surface area contributed by atoms with Crippen LogP contribution in [0, 0.1) is 0 Å². The molecule has 3 rings (SSSR count). The van der Waals surface area contributed by atoms with Gasteiger partial charge in [0.05, 0.1) is 12.8 Å². The van der Waals surface area contributed by atoms with Crippen molar-refractivity contribution < 1.29 is 4.74 Å². The Balaban J connectivity index is 1.96. The molecule has 1 aromatic carbocycles. The van der Waals surface area contributed by atoms with E-state index >= 15 is 0 Å². The fourth-order valence-corrected chi connectivity index (χ4v) is 2.00. The molecule has 2 aromatic heterocycles. The Hall–Kier alpha value is -2.76. The zero-order valence-electron chi connectivity index (χ0n) is 11.1. The first-order chi connectivity index (χ1) is 9.76. The second-order valence-electron chi connectivity index (χ2n) is 4.26. The second kappa shape index (κ2) is 5.08. The normalized spacial score (nSPS) is 10.7. The van der Waals surface area contributed by atoms with E-state index in [9.17, 15) is 0 Å². The van der Waals surface area contributed by atoms with E-state index in [1.165, 1.54) is 0 Å². The number of nitrogen functional groups attached to an aromatic ring is 1. The Morgan fingerprint density at radius 3 is 3.15 bits per heavy atom. The van der Waals surface area contributed by atoms with Gasteiger partial charge in [0.2, 0.25) is 0 Å². The number of ether oxygens (including phenoxy) is 1. The molecule has 0 bridgehead atoms. The number of hydrogen-bond donors (Lipinski definition) is 2. The Kier molecular flexibility index (Phi) is 3.12. The van der Waals surface area contributed by atoms with E-state index < -0.39 is 0 Å². The maximum Gasteiger partial charge on any atom is 0.180 e. The summed E-state index contributed by atoms with van der Waals surface area (Å²) < 4.78 is 7.30. The third-order valence-corrected chi connectivity index (χ3v) is 2.80. The third kappa shape index (κ3) is 2.35. The molecular weight excluding hydrogens is 254 g/mol. The molecule has 6 heteroatoms. The number of imidazole rings is 1. The van der Waals surface area contributed by atoms with Crippen LogP contribution in [-0.2, 0) is 0 Å². The highest BCUT2D eigenvalue weighted by Crippen LogP contribution is 2.23. The van der Waals surface area contributed by atoms with Gasteiger partial charge in [-0.15, -0.1) is 0 Å². The molecule has 0 unspecified atom stereocenters. The zero-order valence-corrected chi connectivity index (χ0v) is 11.1. The number of nitrogens with one attached hydrogen (secondary N) is 1. The van der Waals surface area contributed by atoms with Crippen LogP contribution >= 0.6 is 0 Å². The number of fused-ring (bicyclic) bond motifs is 1. The minimum Gasteiger partial charge on any atom is -0.494 e. The Bertz CT molecular complexity index is 737. The number of benzene rings is 1. The van der Waals surface area contributed by atoms with E-state index in [-0.39, 0.29) is 0 Å². The van der Waals surface area contributed by atoms with Gasteiger partial charge in [-0.2, -0.15) is 0 Å². The predicted octanol–water partition coefficient (Wildman–Crippen LogP) is 2.45. The van der Waals surface area contributed by atoms with Crippen LogP contribution in [-0.4, -0.2) is 21.0 Å². The second-order valence-corrected chi connectivity index (χ2v) is 4.26. The minimum absolute atomic E-state index is 0.430. The molecule has 0 spiro atoms. The number of anilines is 3. The molecule has 0 saturated carbocycles. The quantitative estimate of drug-likeness (QED) is 0.760. The highest BCUT2D eigenvalue weighted by molar-refractivity contribution is 5.71. The summed E-state index contributed by atoms with van der Waals surface area (Å²) in [4.78, 5) is 8.55. The highest BCUT2D eigenvalue weighted by Gasteiger charge is 2.07. The summed E-state index contributed by atoms with van der Waals surface area (Å²) in [7, 11) is 0. The molecule has 0 radical (unpaired) electrons. The smallest absolute Gasteiger partial charge is 0.180 e. The average Bonchev–Trinajstić information content (AvgIpc) is 2.87. The van der Waals surface area contributed by atoms with Crippen molar-refractivity contribution in [2.24, 2.45) is 0 Å².